The Kier molecular flexibility index (Phi) is 3.37. The van der Waals surface area contributed by atoms with E-state index in [1.165, 1.54) is 69.9 Å². The molecule has 4 rings (SSSR count). The predicted molar refractivity (Wildman–Crippen MR) is 88.6 cm³/mol. The van der Waals surface area contributed by atoms with Crippen LogP contribution < -0.4 is 5.32 Å². The average molecular weight is 283 g/mol. The molecule has 0 heterocycles. The molecule has 0 unspecified atom stereocenters. The van der Waals surface area contributed by atoms with Crippen LogP contribution in [0.1, 0.15) is 68.9 Å². The van der Waals surface area contributed by atoms with Crippen LogP contribution in [0.3, 0.4) is 0 Å². The molecule has 1 heteroatoms. The predicted octanol–water partition coefficient (Wildman–Crippen LogP) is 4.73. The normalized spacial score (nSPS) is 26.5. The van der Waals surface area contributed by atoms with E-state index < -0.39 is 0 Å². The number of hydrogen-bond donors (Lipinski definition) is 1. The zero-order valence-corrected chi connectivity index (χ0v) is 13.5. The van der Waals surface area contributed by atoms with Gasteiger partial charge >= 0.3 is 0 Å². The van der Waals surface area contributed by atoms with Gasteiger partial charge in [-0.05, 0) is 62.0 Å². The summed E-state index contributed by atoms with van der Waals surface area (Å²) in [5.74, 6) is 0. The highest BCUT2D eigenvalue weighted by Crippen LogP contribution is 2.62. The maximum atomic E-state index is 3.85. The van der Waals surface area contributed by atoms with Crippen molar-refractivity contribution >= 4 is 0 Å². The molecule has 3 aliphatic carbocycles. The summed E-state index contributed by atoms with van der Waals surface area (Å²) >= 11 is 0. The van der Waals surface area contributed by atoms with E-state index in [0.717, 1.165) is 6.04 Å². The Balaban J connectivity index is 1.57. The molecule has 114 valence electrons. The molecule has 3 saturated carbocycles. The second kappa shape index (κ2) is 5.12. The highest BCUT2D eigenvalue weighted by molar-refractivity contribution is 5.38. The van der Waals surface area contributed by atoms with Gasteiger partial charge in [-0.15, -0.1) is 0 Å². The summed E-state index contributed by atoms with van der Waals surface area (Å²) < 4.78 is 0. The van der Waals surface area contributed by atoms with Crippen molar-refractivity contribution in [1.82, 2.24) is 5.32 Å². The number of rotatable bonds is 4. The van der Waals surface area contributed by atoms with Gasteiger partial charge in [-0.3, -0.25) is 0 Å². The van der Waals surface area contributed by atoms with Crippen molar-refractivity contribution in [2.45, 2.75) is 76.2 Å². The Hall–Kier alpha value is -0.820. The summed E-state index contributed by atoms with van der Waals surface area (Å²) in [5, 5.41) is 3.85. The summed E-state index contributed by atoms with van der Waals surface area (Å²) in [4.78, 5) is 0. The lowest BCUT2D eigenvalue weighted by molar-refractivity contribution is -0.0132. The van der Waals surface area contributed by atoms with Crippen molar-refractivity contribution < 1.29 is 0 Å². The lowest BCUT2D eigenvalue weighted by Gasteiger charge is -2.59. The van der Waals surface area contributed by atoms with Gasteiger partial charge in [0, 0.05) is 18.0 Å². The van der Waals surface area contributed by atoms with Crippen molar-refractivity contribution in [2.75, 3.05) is 6.54 Å². The van der Waals surface area contributed by atoms with Gasteiger partial charge in [-0.1, -0.05) is 43.5 Å². The molecule has 3 fully saturated rings. The highest BCUT2D eigenvalue weighted by Gasteiger charge is 2.55. The van der Waals surface area contributed by atoms with Crippen molar-refractivity contribution in [3.05, 3.63) is 35.4 Å². The van der Waals surface area contributed by atoms with E-state index in [4.69, 9.17) is 0 Å². The molecule has 0 saturated heterocycles. The molecule has 1 N–H and O–H groups in total. The van der Waals surface area contributed by atoms with Gasteiger partial charge in [0.1, 0.15) is 0 Å². The van der Waals surface area contributed by atoms with Gasteiger partial charge in [0.25, 0.3) is 0 Å². The van der Waals surface area contributed by atoms with Crippen LogP contribution in [0.2, 0.25) is 0 Å². The fourth-order valence-corrected chi connectivity index (χ4v) is 5.24. The van der Waals surface area contributed by atoms with E-state index in [1.807, 2.05) is 0 Å². The zero-order valence-electron chi connectivity index (χ0n) is 13.5. The van der Waals surface area contributed by atoms with E-state index in [-0.39, 0.29) is 0 Å². The minimum atomic E-state index is 0.436. The second-order valence-electron chi connectivity index (χ2n) is 8.16. The quantitative estimate of drug-likeness (QED) is 0.842. The largest absolute Gasteiger partial charge is 0.313 e. The van der Waals surface area contributed by atoms with Crippen molar-refractivity contribution in [2.24, 2.45) is 5.41 Å². The third-order valence-electron chi connectivity index (χ3n) is 6.36. The number of nitrogens with one attached hydrogen (secondary N) is 1. The lowest BCUT2D eigenvalue weighted by Crippen LogP contribution is -2.55. The summed E-state index contributed by atoms with van der Waals surface area (Å²) in [6.45, 7) is 3.52. The minimum absolute atomic E-state index is 0.436. The highest BCUT2D eigenvalue weighted by atomic mass is 15.0. The first-order valence-electron chi connectivity index (χ1n) is 9.01. The molecule has 1 spiro atoms. The molecule has 0 amide bonds. The molecular weight excluding hydrogens is 254 g/mol. The van der Waals surface area contributed by atoms with Gasteiger partial charge in [0.05, 0.1) is 0 Å². The maximum Gasteiger partial charge on any atom is 0.00910 e. The SMILES string of the molecule is Cc1ccccc1C1(CNC2CC2)CC2(CCCCC2)C1. The van der Waals surface area contributed by atoms with Crippen LogP contribution in [0, 0.1) is 12.3 Å². The smallest absolute Gasteiger partial charge is 0.00910 e. The number of benzene rings is 1. The molecule has 0 bridgehead atoms. The van der Waals surface area contributed by atoms with Gasteiger partial charge in [-0.25, -0.2) is 0 Å². The summed E-state index contributed by atoms with van der Waals surface area (Å²) in [6.07, 6.45) is 13.1. The van der Waals surface area contributed by atoms with Crippen LogP contribution in [0.5, 0.6) is 0 Å². The standard InChI is InChI=1S/C20H29N/c1-16-7-3-4-8-18(16)20(15-21-17-9-10-17)13-19(14-20)11-5-2-6-12-19/h3-4,7-8,17,21H,2,5-6,9-15H2,1H3. The molecule has 0 aromatic heterocycles. The number of hydrogen-bond acceptors (Lipinski definition) is 1. The van der Waals surface area contributed by atoms with Crippen molar-refractivity contribution in [1.29, 1.82) is 0 Å². The van der Waals surface area contributed by atoms with Gasteiger partial charge < -0.3 is 5.32 Å². The zero-order chi connectivity index (χ0) is 14.3. The Labute approximate surface area is 129 Å². The Bertz CT molecular complexity index is 500. The van der Waals surface area contributed by atoms with Crippen LogP contribution >= 0.6 is 0 Å². The molecule has 0 aliphatic heterocycles. The van der Waals surface area contributed by atoms with Crippen LogP contribution in [-0.4, -0.2) is 12.6 Å². The average Bonchev–Trinajstić information content (AvgIpc) is 3.28. The van der Waals surface area contributed by atoms with Crippen molar-refractivity contribution in [3.63, 3.8) is 0 Å². The molecule has 1 nitrogen and oxygen atoms in total. The monoisotopic (exact) mass is 283 g/mol. The topological polar surface area (TPSA) is 12.0 Å². The third-order valence-corrected chi connectivity index (χ3v) is 6.36. The van der Waals surface area contributed by atoms with E-state index in [9.17, 15) is 0 Å². The molecule has 1 aromatic rings. The summed E-state index contributed by atoms with van der Waals surface area (Å²) in [5.41, 5.74) is 4.27. The minimum Gasteiger partial charge on any atom is -0.313 e. The molecule has 0 radical (unpaired) electrons. The second-order valence-corrected chi connectivity index (χ2v) is 8.16. The first-order valence-corrected chi connectivity index (χ1v) is 9.01. The lowest BCUT2D eigenvalue weighted by atomic mass is 9.46. The van der Waals surface area contributed by atoms with Crippen LogP contribution in [-0.2, 0) is 5.41 Å². The van der Waals surface area contributed by atoms with Crippen LogP contribution in [0.25, 0.3) is 0 Å². The first-order chi connectivity index (χ1) is 10.2. The third kappa shape index (κ3) is 2.54. The van der Waals surface area contributed by atoms with E-state index in [2.05, 4.69) is 36.5 Å². The van der Waals surface area contributed by atoms with E-state index in [1.54, 1.807) is 5.56 Å². The van der Waals surface area contributed by atoms with Gasteiger partial charge in [0.2, 0.25) is 0 Å². The van der Waals surface area contributed by atoms with Crippen LogP contribution in [0.4, 0.5) is 0 Å². The molecule has 1 aromatic carbocycles. The fraction of sp³-hybridized carbons (Fsp3) is 0.700. The summed E-state index contributed by atoms with van der Waals surface area (Å²) in [7, 11) is 0. The molecular formula is C20H29N. The van der Waals surface area contributed by atoms with Crippen molar-refractivity contribution in [3.8, 4) is 0 Å². The maximum absolute atomic E-state index is 3.85. The van der Waals surface area contributed by atoms with Gasteiger partial charge in [0.15, 0.2) is 0 Å². The first kappa shape index (κ1) is 13.8. The van der Waals surface area contributed by atoms with E-state index in [0.29, 0.717) is 10.8 Å². The Morgan fingerprint density at radius 2 is 1.76 bits per heavy atom. The Morgan fingerprint density at radius 1 is 1.05 bits per heavy atom. The molecule has 21 heavy (non-hydrogen) atoms. The fourth-order valence-electron chi connectivity index (χ4n) is 5.24. The van der Waals surface area contributed by atoms with Crippen LogP contribution in [0.15, 0.2) is 24.3 Å². The Morgan fingerprint density at radius 3 is 2.43 bits per heavy atom. The molecule has 3 aliphatic rings. The molecule has 0 atom stereocenters. The van der Waals surface area contributed by atoms with Gasteiger partial charge in [-0.2, -0.15) is 0 Å². The van der Waals surface area contributed by atoms with E-state index >= 15 is 0 Å². The summed E-state index contributed by atoms with van der Waals surface area (Å²) in [6, 6.07) is 9.97. The number of aryl methyl sites for hydroxylation is 1.